The molecule has 6 nitrogen and oxygen atoms in total. The number of ether oxygens (including phenoxy) is 1. The zero-order chi connectivity index (χ0) is 29.1. The Balaban J connectivity index is 1.53. The predicted octanol–water partition coefficient (Wildman–Crippen LogP) is 7.76. The monoisotopic (exact) mass is 673 g/mol. The summed E-state index contributed by atoms with van der Waals surface area (Å²) in [6.07, 6.45) is 6.20. The van der Waals surface area contributed by atoms with Gasteiger partial charge in [-0.1, -0.05) is 57.8 Å². The molecule has 8 heteroatoms. The molecule has 0 saturated carbocycles. The number of hydrogen-bond acceptors (Lipinski definition) is 4. The number of fused-ring (bicyclic) bond motifs is 1. The van der Waals surface area contributed by atoms with Gasteiger partial charge in [-0.2, -0.15) is 0 Å². The van der Waals surface area contributed by atoms with E-state index in [4.69, 9.17) is 4.74 Å². The van der Waals surface area contributed by atoms with Crippen LogP contribution in [0.1, 0.15) is 77.0 Å². The van der Waals surface area contributed by atoms with Crippen LogP contribution in [0.5, 0.6) is 0 Å². The molecule has 1 aromatic heterocycles. The minimum absolute atomic E-state index is 0.0435. The van der Waals surface area contributed by atoms with Crippen LogP contribution in [0.4, 0.5) is 5.69 Å². The molecule has 1 amide bonds. The number of halogens is 2. The third kappa shape index (κ3) is 7.90. The number of nitrogens with one attached hydrogen (secondary N) is 2. The van der Waals surface area contributed by atoms with E-state index in [1.54, 1.807) is 0 Å². The molecular formula is C32H41Br2N3O3. The molecule has 1 atom stereocenters. The predicted molar refractivity (Wildman–Crippen MR) is 170 cm³/mol. The number of hydrogen-bond donors (Lipinski definition) is 2. The number of H-pyrrole nitrogens is 1. The van der Waals surface area contributed by atoms with E-state index in [9.17, 15) is 9.59 Å². The molecule has 4 rings (SSSR count). The van der Waals surface area contributed by atoms with E-state index in [1.165, 1.54) is 12.8 Å². The van der Waals surface area contributed by atoms with Crippen molar-refractivity contribution in [1.29, 1.82) is 0 Å². The Morgan fingerprint density at radius 1 is 1.10 bits per heavy atom. The fourth-order valence-corrected chi connectivity index (χ4v) is 7.03. The Bertz CT molecular complexity index is 1360. The molecule has 1 saturated heterocycles. The number of aromatic nitrogens is 1. The van der Waals surface area contributed by atoms with Gasteiger partial charge >= 0.3 is 5.97 Å². The lowest BCUT2D eigenvalue weighted by Crippen LogP contribution is -2.43. The van der Waals surface area contributed by atoms with Crippen LogP contribution in [-0.4, -0.2) is 35.6 Å². The summed E-state index contributed by atoms with van der Waals surface area (Å²) >= 11 is 7.66. The summed E-state index contributed by atoms with van der Waals surface area (Å²) in [6, 6.07) is 12.4. The molecule has 216 valence electrons. The first-order chi connectivity index (χ1) is 18.8. The van der Waals surface area contributed by atoms with E-state index in [0.29, 0.717) is 18.8 Å². The summed E-state index contributed by atoms with van der Waals surface area (Å²) in [4.78, 5) is 31.5. The van der Waals surface area contributed by atoms with Crippen LogP contribution in [0.15, 0.2) is 47.1 Å². The summed E-state index contributed by atoms with van der Waals surface area (Å²) in [7, 11) is 0. The van der Waals surface area contributed by atoms with Crippen molar-refractivity contribution < 1.29 is 14.3 Å². The Morgan fingerprint density at radius 3 is 2.50 bits per heavy atom. The average Bonchev–Trinajstić information content (AvgIpc) is 3.51. The topological polar surface area (TPSA) is 74.4 Å². The lowest BCUT2D eigenvalue weighted by Gasteiger charge is -2.35. The Labute approximate surface area is 254 Å². The molecule has 2 N–H and O–H groups in total. The van der Waals surface area contributed by atoms with Crippen molar-refractivity contribution in [3.8, 4) is 0 Å². The number of aromatic amines is 1. The standard InChI is InChI=1S/C32H41Br2N3O3/c1-21(2)19-32(34,26-11-10-24(33)18-28(26)37-14-6-7-15-37)36-29(38)17-22-8-12-27-25(16-22)23(20-35-27)9-13-30(39)40-31(3,4)5/h8,10-12,16,18,20-21,35H,6-7,9,13-15,17,19H2,1-5H3,(H,36,38). The van der Waals surface area contributed by atoms with Crippen LogP contribution in [-0.2, 0) is 31.6 Å². The van der Waals surface area contributed by atoms with Gasteiger partial charge in [-0.3, -0.25) is 9.59 Å². The Morgan fingerprint density at radius 2 is 1.82 bits per heavy atom. The van der Waals surface area contributed by atoms with Crippen molar-refractivity contribution in [3.63, 3.8) is 0 Å². The highest BCUT2D eigenvalue weighted by Crippen LogP contribution is 2.42. The minimum Gasteiger partial charge on any atom is -0.460 e. The lowest BCUT2D eigenvalue weighted by atomic mass is 9.94. The van der Waals surface area contributed by atoms with E-state index < -0.39 is 10.0 Å². The molecular weight excluding hydrogens is 634 g/mol. The molecule has 3 aromatic rings. The van der Waals surface area contributed by atoms with Gasteiger partial charge in [0.15, 0.2) is 0 Å². The van der Waals surface area contributed by atoms with Gasteiger partial charge in [0, 0.05) is 52.3 Å². The lowest BCUT2D eigenvalue weighted by molar-refractivity contribution is -0.154. The van der Waals surface area contributed by atoms with Gasteiger partial charge in [-0.05, 0) is 87.8 Å². The second-order valence-corrected chi connectivity index (χ2v) is 14.5. The maximum absolute atomic E-state index is 13.6. The number of anilines is 1. The van der Waals surface area contributed by atoms with Crippen LogP contribution in [0.25, 0.3) is 10.9 Å². The zero-order valence-electron chi connectivity index (χ0n) is 24.2. The number of aryl methyl sites for hydroxylation is 1. The van der Waals surface area contributed by atoms with E-state index in [2.05, 4.69) is 85.2 Å². The summed E-state index contributed by atoms with van der Waals surface area (Å²) in [5, 5.41) is 4.39. The number of alkyl halides is 1. The van der Waals surface area contributed by atoms with E-state index in [0.717, 1.165) is 57.3 Å². The second-order valence-electron chi connectivity index (χ2n) is 12.3. The summed E-state index contributed by atoms with van der Waals surface area (Å²) in [5.74, 6) is 0.105. The van der Waals surface area contributed by atoms with Crippen LogP contribution in [0, 0.1) is 5.92 Å². The summed E-state index contributed by atoms with van der Waals surface area (Å²) in [5.41, 5.74) is 4.71. The van der Waals surface area contributed by atoms with Gasteiger partial charge in [0.1, 0.15) is 10.0 Å². The summed E-state index contributed by atoms with van der Waals surface area (Å²) in [6.45, 7) is 12.0. The third-order valence-corrected chi connectivity index (χ3v) is 8.52. The van der Waals surface area contributed by atoms with E-state index in [-0.39, 0.29) is 18.3 Å². The fraction of sp³-hybridized carbons (Fsp3) is 0.500. The minimum atomic E-state index is -0.687. The fourth-order valence-electron chi connectivity index (χ4n) is 5.47. The number of carbonyl (C=O) groups is 2. The molecule has 40 heavy (non-hydrogen) atoms. The molecule has 1 unspecified atom stereocenters. The van der Waals surface area contributed by atoms with E-state index >= 15 is 0 Å². The molecule has 0 spiro atoms. The second kappa shape index (κ2) is 12.7. The van der Waals surface area contributed by atoms with Crippen LogP contribution in [0.2, 0.25) is 0 Å². The van der Waals surface area contributed by atoms with Gasteiger partial charge < -0.3 is 19.9 Å². The number of rotatable bonds is 10. The maximum atomic E-state index is 13.6. The maximum Gasteiger partial charge on any atom is 0.306 e. The SMILES string of the molecule is CC(C)CC(Br)(NC(=O)Cc1ccc2[nH]cc(CCC(=O)OC(C)(C)C)c2c1)c1ccc(Br)cc1N1CCCC1. The molecule has 1 fully saturated rings. The summed E-state index contributed by atoms with van der Waals surface area (Å²) < 4.78 is 5.82. The van der Waals surface area contributed by atoms with Gasteiger partial charge in [-0.15, -0.1) is 0 Å². The van der Waals surface area contributed by atoms with E-state index in [1.807, 2.05) is 39.1 Å². The Kier molecular flexibility index (Phi) is 9.71. The zero-order valence-corrected chi connectivity index (χ0v) is 27.4. The number of nitrogens with zero attached hydrogens (tertiary/aromatic N) is 1. The normalized spacial score (nSPS) is 15.4. The first-order valence-corrected chi connectivity index (χ1v) is 15.8. The van der Waals surface area contributed by atoms with Gasteiger partial charge in [0.05, 0.1) is 6.42 Å². The van der Waals surface area contributed by atoms with Gasteiger partial charge in [0.2, 0.25) is 5.91 Å². The molecule has 1 aliphatic rings. The third-order valence-electron chi connectivity index (χ3n) is 7.08. The number of esters is 1. The van der Waals surface area contributed by atoms with Crippen molar-refractivity contribution in [2.45, 2.75) is 83.2 Å². The molecule has 0 bridgehead atoms. The number of benzene rings is 2. The molecule has 0 aliphatic carbocycles. The molecule has 0 radical (unpaired) electrons. The number of amides is 1. The van der Waals surface area contributed by atoms with Crippen LogP contribution >= 0.6 is 31.9 Å². The van der Waals surface area contributed by atoms with Crippen molar-refractivity contribution in [2.75, 3.05) is 18.0 Å². The quantitative estimate of drug-likeness (QED) is 0.131. The average molecular weight is 676 g/mol. The first kappa shape index (κ1) is 30.6. The molecule has 2 heterocycles. The van der Waals surface area contributed by atoms with Crippen LogP contribution in [0.3, 0.4) is 0 Å². The van der Waals surface area contributed by atoms with Gasteiger partial charge in [-0.25, -0.2) is 0 Å². The van der Waals surface area contributed by atoms with Crippen molar-refractivity contribution in [2.24, 2.45) is 5.92 Å². The molecule has 1 aliphatic heterocycles. The van der Waals surface area contributed by atoms with Crippen molar-refractivity contribution >= 4 is 60.3 Å². The highest BCUT2D eigenvalue weighted by Gasteiger charge is 2.35. The van der Waals surface area contributed by atoms with Gasteiger partial charge in [0.25, 0.3) is 0 Å². The smallest absolute Gasteiger partial charge is 0.306 e. The highest BCUT2D eigenvalue weighted by molar-refractivity contribution is 9.10. The van der Waals surface area contributed by atoms with Crippen molar-refractivity contribution in [1.82, 2.24) is 10.3 Å². The largest absolute Gasteiger partial charge is 0.460 e. The molecule has 2 aromatic carbocycles. The Hall–Kier alpha value is -2.32. The van der Waals surface area contributed by atoms with Crippen LogP contribution < -0.4 is 10.2 Å². The highest BCUT2D eigenvalue weighted by atomic mass is 79.9. The van der Waals surface area contributed by atoms with Crippen molar-refractivity contribution in [3.05, 3.63) is 63.8 Å². The number of carbonyl (C=O) groups excluding carboxylic acids is 2. The first-order valence-electron chi connectivity index (χ1n) is 14.2.